The molecule has 6 nitrogen and oxygen atoms in total. The Morgan fingerprint density at radius 3 is 2.94 bits per heavy atom. The van der Waals surface area contributed by atoms with E-state index in [4.69, 9.17) is 10.5 Å². The van der Waals surface area contributed by atoms with Crippen molar-refractivity contribution < 1.29 is 9.53 Å². The Hall–Kier alpha value is -1.40. The summed E-state index contributed by atoms with van der Waals surface area (Å²) in [4.78, 5) is 11.5. The molecular weight excluding hydrogens is 220 g/mol. The van der Waals surface area contributed by atoms with Crippen molar-refractivity contribution in [2.45, 2.75) is 19.4 Å². The molecule has 0 aliphatic heterocycles. The van der Waals surface area contributed by atoms with Crippen LogP contribution in [0.4, 0.5) is 0 Å². The number of rotatable bonds is 7. The lowest BCUT2D eigenvalue weighted by atomic mass is 10.1. The van der Waals surface area contributed by atoms with Gasteiger partial charge in [0.25, 0.3) is 0 Å². The van der Waals surface area contributed by atoms with Gasteiger partial charge in [0.15, 0.2) is 0 Å². The zero-order chi connectivity index (χ0) is 12.8. The van der Waals surface area contributed by atoms with E-state index < -0.39 is 11.9 Å². The summed E-state index contributed by atoms with van der Waals surface area (Å²) in [6, 6.07) is -0.506. The summed E-state index contributed by atoms with van der Waals surface area (Å²) in [5.74, 6) is -0.399. The number of carbonyl (C=O) groups is 1. The normalized spacial score (nSPS) is 12.6. The van der Waals surface area contributed by atoms with Gasteiger partial charge in [-0.2, -0.15) is 5.10 Å². The minimum atomic E-state index is -0.506. The van der Waals surface area contributed by atoms with E-state index in [0.29, 0.717) is 13.2 Å². The summed E-state index contributed by atoms with van der Waals surface area (Å²) < 4.78 is 6.63. The molecule has 6 heteroatoms. The minimum Gasteiger partial charge on any atom is -0.383 e. The maximum absolute atomic E-state index is 11.5. The summed E-state index contributed by atoms with van der Waals surface area (Å²) in [5, 5.41) is 7.37. The Labute approximate surface area is 101 Å². The monoisotopic (exact) mass is 240 g/mol. The van der Waals surface area contributed by atoms with E-state index in [9.17, 15) is 4.79 Å². The molecule has 17 heavy (non-hydrogen) atoms. The first kappa shape index (κ1) is 13.7. The molecule has 0 aliphatic rings. The zero-order valence-electron chi connectivity index (χ0n) is 10.6. The highest BCUT2D eigenvalue weighted by Gasteiger charge is 2.22. The van der Waals surface area contributed by atoms with Crippen LogP contribution in [0.1, 0.15) is 24.2 Å². The van der Waals surface area contributed by atoms with E-state index in [1.807, 2.05) is 20.2 Å². The molecule has 1 heterocycles. The Balaban J connectivity index is 2.85. The average molecular weight is 240 g/mol. The Morgan fingerprint density at radius 1 is 1.71 bits per heavy atom. The van der Waals surface area contributed by atoms with Gasteiger partial charge in [-0.05, 0) is 6.42 Å². The van der Waals surface area contributed by atoms with Crippen molar-refractivity contribution in [3.63, 3.8) is 0 Å². The van der Waals surface area contributed by atoms with Gasteiger partial charge in [-0.3, -0.25) is 14.8 Å². The lowest BCUT2D eigenvalue weighted by molar-refractivity contribution is -0.120. The predicted molar refractivity (Wildman–Crippen MR) is 64.4 cm³/mol. The number of nitrogens with two attached hydrogens (primary N) is 1. The topological polar surface area (TPSA) is 82.2 Å². The molecule has 0 saturated carbocycles. The number of aryl methyl sites for hydroxylation is 2. The van der Waals surface area contributed by atoms with Gasteiger partial charge in [-0.1, -0.05) is 6.92 Å². The highest BCUT2D eigenvalue weighted by atomic mass is 16.5. The Bertz CT molecular complexity index is 376. The van der Waals surface area contributed by atoms with Gasteiger partial charge in [-0.15, -0.1) is 0 Å². The number of amides is 1. The van der Waals surface area contributed by atoms with Gasteiger partial charge in [-0.25, -0.2) is 0 Å². The molecule has 0 spiro atoms. The first-order chi connectivity index (χ1) is 8.10. The van der Waals surface area contributed by atoms with Crippen molar-refractivity contribution in [2.75, 3.05) is 20.3 Å². The molecule has 0 radical (unpaired) electrons. The van der Waals surface area contributed by atoms with Gasteiger partial charge in [0.05, 0.1) is 12.3 Å². The number of nitrogens with one attached hydrogen (secondary N) is 1. The largest absolute Gasteiger partial charge is 0.383 e. The molecule has 3 N–H and O–H groups in total. The number of ether oxygens (including phenoxy) is 1. The quantitative estimate of drug-likeness (QED) is 0.644. The van der Waals surface area contributed by atoms with Crippen LogP contribution < -0.4 is 11.1 Å². The van der Waals surface area contributed by atoms with Crippen LogP contribution >= 0.6 is 0 Å². The Kier molecular flexibility index (Phi) is 5.11. The number of hydrogen-bond acceptors (Lipinski definition) is 4. The number of nitrogens with zero attached hydrogens (tertiary/aromatic N) is 2. The third kappa shape index (κ3) is 3.54. The van der Waals surface area contributed by atoms with Crippen molar-refractivity contribution in [3.05, 3.63) is 17.5 Å². The van der Waals surface area contributed by atoms with Crippen LogP contribution in [0.3, 0.4) is 0 Å². The second kappa shape index (κ2) is 6.36. The summed E-state index contributed by atoms with van der Waals surface area (Å²) in [6.07, 6.45) is 2.60. The average Bonchev–Trinajstić information content (AvgIpc) is 2.65. The van der Waals surface area contributed by atoms with Crippen molar-refractivity contribution in [1.82, 2.24) is 15.1 Å². The Morgan fingerprint density at radius 2 is 2.41 bits per heavy atom. The number of methoxy groups -OCH3 is 1. The standard InChI is InChI=1S/C11H20N4O2/c1-4-9-8(7-15(2)14-9)10(11(12)16)13-5-6-17-3/h7,10,13H,4-6H2,1-3H3,(H2,12,16). The summed E-state index contributed by atoms with van der Waals surface area (Å²) in [6.45, 7) is 3.10. The lowest BCUT2D eigenvalue weighted by Gasteiger charge is -2.14. The highest BCUT2D eigenvalue weighted by Crippen LogP contribution is 2.17. The molecule has 0 aliphatic carbocycles. The molecular formula is C11H20N4O2. The zero-order valence-corrected chi connectivity index (χ0v) is 10.6. The van der Waals surface area contributed by atoms with Crippen molar-refractivity contribution in [3.8, 4) is 0 Å². The molecule has 0 aromatic carbocycles. The minimum absolute atomic E-state index is 0.399. The fourth-order valence-electron chi connectivity index (χ4n) is 1.74. The van der Waals surface area contributed by atoms with Crippen LogP contribution in [0.15, 0.2) is 6.20 Å². The summed E-state index contributed by atoms with van der Waals surface area (Å²) in [5.41, 5.74) is 7.14. The third-order valence-electron chi connectivity index (χ3n) is 2.52. The van der Waals surface area contributed by atoms with E-state index in [2.05, 4.69) is 10.4 Å². The van der Waals surface area contributed by atoms with Gasteiger partial charge >= 0.3 is 0 Å². The number of hydrogen-bond donors (Lipinski definition) is 2. The van der Waals surface area contributed by atoms with Crippen molar-refractivity contribution >= 4 is 5.91 Å². The maximum Gasteiger partial charge on any atom is 0.239 e. The molecule has 0 bridgehead atoms. The SMILES string of the molecule is CCc1nn(C)cc1C(NCCOC)C(N)=O. The first-order valence-corrected chi connectivity index (χ1v) is 5.64. The molecule has 1 amide bonds. The number of aromatic nitrogens is 2. The molecule has 1 atom stereocenters. The van der Waals surface area contributed by atoms with Crippen LogP contribution in [-0.2, 0) is 23.0 Å². The van der Waals surface area contributed by atoms with E-state index in [0.717, 1.165) is 17.7 Å². The fraction of sp³-hybridized carbons (Fsp3) is 0.636. The molecule has 0 saturated heterocycles. The van der Waals surface area contributed by atoms with Crippen LogP contribution in [0, 0.1) is 0 Å². The van der Waals surface area contributed by atoms with Crippen LogP contribution in [-0.4, -0.2) is 35.9 Å². The van der Waals surface area contributed by atoms with Gasteiger partial charge in [0, 0.05) is 32.5 Å². The van der Waals surface area contributed by atoms with Crippen LogP contribution in [0.5, 0.6) is 0 Å². The first-order valence-electron chi connectivity index (χ1n) is 5.64. The second-order valence-corrected chi connectivity index (χ2v) is 3.84. The molecule has 1 aromatic rings. The fourth-order valence-corrected chi connectivity index (χ4v) is 1.74. The van der Waals surface area contributed by atoms with E-state index in [1.165, 1.54) is 0 Å². The number of primary amides is 1. The van der Waals surface area contributed by atoms with E-state index in [1.54, 1.807) is 11.8 Å². The van der Waals surface area contributed by atoms with E-state index >= 15 is 0 Å². The summed E-state index contributed by atoms with van der Waals surface area (Å²) in [7, 11) is 3.44. The molecule has 96 valence electrons. The third-order valence-corrected chi connectivity index (χ3v) is 2.52. The molecule has 1 unspecified atom stereocenters. The van der Waals surface area contributed by atoms with Gasteiger partial charge in [0.2, 0.25) is 5.91 Å². The van der Waals surface area contributed by atoms with Crippen LogP contribution in [0.2, 0.25) is 0 Å². The predicted octanol–water partition coefficient (Wildman–Crippen LogP) is -0.255. The van der Waals surface area contributed by atoms with Crippen molar-refractivity contribution in [2.24, 2.45) is 12.8 Å². The van der Waals surface area contributed by atoms with Gasteiger partial charge in [0.1, 0.15) is 6.04 Å². The van der Waals surface area contributed by atoms with Gasteiger partial charge < -0.3 is 10.5 Å². The van der Waals surface area contributed by atoms with Crippen LogP contribution in [0.25, 0.3) is 0 Å². The second-order valence-electron chi connectivity index (χ2n) is 3.84. The molecule has 1 aromatic heterocycles. The lowest BCUT2D eigenvalue weighted by Crippen LogP contribution is -2.35. The van der Waals surface area contributed by atoms with E-state index in [-0.39, 0.29) is 0 Å². The maximum atomic E-state index is 11.5. The number of carbonyl (C=O) groups excluding carboxylic acids is 1. The van der Waals surface area contributed by atoms with Crippen molar-refractivity contribution in [1.29, 1.82) is 0 Å². The molecule has 1 rings (SSSR count). The highest BCUT2D eigenvalue weighted by molar-refractivity contribution is 5.81. The summed E-state index contributed by atoms with van der Waals surface area (Å²) >= 11 is 0. The molecule has 0 fully saturated rings. The smallest absolute Gasteiger partial charge is 0.239 e.